The molecule has 0 aliphatic carbocycles. The molecule has 0 aromatic carbocycles. The van der Waals surface area contributed by atoms with Crippen molar-refractivity contribution in [3.63, 3.8) is 0 Å². The Hall–Kier alpha value is -0.483. The number of rotatable bonds is 4. The number of methoxy groups -OCH3 is 1. The SMILES string of the molecule is CO[C@H]1O[C@H](C(=O)C(F)(F)F)[C@@H](O[Si](C)(C)C)[C@@H]1O. The summed E-state index contributed by atoms with van der Waals surface area (Å²) in [4.78, 5) is 11.3. The molecule has 5 nitrogen and oxygen atoms in total. The van der Waals surface area contributed by atoms with Crippen LogP contribution >= 0.6 is 0 Å². The van der Waals surface area contributed by atoms with E-state index in [-0.39, 0.29) is 0 Å². The summed E-state index contributed by atoms with van der Waals surface area (Å²) in [7, 11) is -1.10. The maximum Gasteiger partial charge on any atom is 0.452 e. The number of aliphatic hydroxyl groups excluding tert-OH is 1. The van der Waals surface area contributed by atoms with Crippen molar-refractivity contribution in [2.24, 2.45) is 0 Å². The van der Waals surface area contributed by atoms with Crippen LogP contribution in [0.4, 0.5) is 13.2 Å². The van der Waals surface area contributed by atoms with Crippen molar-refractivity contribution in [3.05, 3.63) is 0 Å². The first-order chi connectivity index (χ1) is 8.47. The largest absolute Gasteiger partial charge is 0.452 e. The van der Waals surface area contributed by atoms with Gasteiger partial charge in [0, 0.05) is 7.11 Å². The van der Waals surface area contributed by atoms with Crippen LogP contribution in [0, 0.1) is 0 Å². The minimum atomic E-state index is -5.05. The molecule has 1 saturated heterocycles. The summed E-state index contributed by atoms with van der Waals surface area (Å²) in [5, 5.41) is 9.82. The van der Waals surface area contributed by atoms with E-state index in [4.69, 9.17) is 13.9 Å². The topological polar surface area (TPSA) is 65.0 Å². The highest BCUT2D eigenvalue weighted by atomic mass is 28.4. The molecule has 0 saturated carbocycles. The number of halogens is 3. The summed E-state index contributed by atoms with van der Waals surface area (Å²) >= 11 is 0. The monoisotopic (exact) mass is 302 g/mol. The van der Waals surface area contributed by atoms with Gasteiger partial charge in [-0.1, -0.05) is 0 Å². The third kappa shape index (κ3) is 3.99. The van der Waals surface area contributed by atoms with Gasteiger partial charge in [-0.25, -0.2) is 0 Å². The van der Waals surface area contributed by atoms with Crippen molar-refractivity contribution >= 4 is 14.1 Å². The van der Waals surface area contributed by atoms with Crippen molar-refractivity contribution < 1.29 is 37.0 Å². The van der Waals surface area contributed by atoms with Crippen LogP contribution in [0.2, 0.25) is 19.6 Å². The van der Waals surface area contributed by atoms with Gasteiger partial charge >= 0.3 is 6.18 Å². The maximum atomic E-state index is 12.5. The molecule has 1 fully saturated rings. The van der Waals surface area contributed by atoms with E-state index < -0.39 is 44.9 Å². The van der Waals surface area contributed by atoms with Crippen LogP contribution in [0.25, 0.3) is 0 Å². The second-order valence-electron chi connectivity index (χ2n) is 5.21. The molecule has 0 radical (unpaired) electrons. The van der Waals surface area contributed by atoms with Gasteiger partial charge in [0.15, 0.2) is 20.7 Å². The molecule has 0 aromatic rings. The highest BCUT2D eigenvalue weighted by Gasteiger charge is 2.56. The van der Waals surface area contributed by atoms with E-state index in [1.54, 1.807) is 19.6 Å². The minimum Gasteiger partial charge on any atom is -0.409 e. The third-order valence-electron chi connectivity index (χ3n) is 2.45. The molecule has 112 valence electrons. The molecule has 9 heteroatoms. The van der Waals surface area contributed by atoms with Gasteiger partial charge in [0.1, 0.15) is 12.2 Å². The summed E-state index contributed by atoms with van der Waals surface area (Å²) in [6, 6.07) is 0. The molecule has 0 bridgehead atoms. The van der Waals surface area contributed by atoms with E-state index >= 15 is 0 Å². The number of aliphatic hydroxyl groups is 1. The summed E-state index contributed by atoms with van der Waals surface area (Å²) in [5.41, 5.74) is 0. The van der Waals surface area contributed by atoms with Crippen LogP contribution in [0.1, 0.15) is 0 Å². The smallest absolute Gasteiger partial charge is 0.409 e. The van der Waals surface area contributed by atoms with E-state index in [0.29, 0.717) is 0 Å². The second kappa shape index (κ2) is 5.48. The predicted molar refractivity (Wildman–Crippen MR) is 61.0 cm³/mol. The number of Topliss-reactive ketones (excluding diaryl/α,β-unsaturated/α-hetero) is 1. The van der Waals surface area contributed by atoms with E-state index in [1.165, 1.54) is 7.11 Å². The molecule has 4 atom stereocenters. The van der Waals surface area contributed by atoms with Gasteiger partial charge in [0.2, 0.25) is 0 Å². The molecule has 1 rings (SSSR count). The van der Waals surface area contributed by atoms with Gasteiger partial charge in [0.25, 0.3) is 5.78 Å². The van der Waals surface area contributed by atoms with E-state index in [2.05, 4.69) is 0 Å². The first kappa shape index (κ1) is 16.6. The van der Waals surface area contributed by atoms with Gasteiger partial charge in [-0.3, -0.25) is 4.79 Å². The molecule has 1 aliphatic heterocycles. The Morgan fingerprint density at radius 2 is 1.84 bits per heavy atom. The van der Waals surface area contributed by atoms with Crippen LogP contribution in [-0.2, 0) is 18.7 Å². The second-order valence-corrected chi connectivity index (χ2v) is 9.67. The Bertz CT molecular complexity index is 341. The predicted octanol–water partition coefficient (Wildman–Crippen LogP) is 1.07. The lowest BCUT2D eigenvalue weighted by Crippen LogP contribution is -2.48. The highest BCUT2D eigenvalue weighted by molar-refractivity contribution is 6.69. The molecule has 0 unspecified atom stereocenters. The number of ether oxygens (including phenoxy) is 2. The normalized spacial score (nSPS) is 32.6. The van der Waals surface area contributed by atoms with Gasteiger partial charge in [-0.15, -0.1) is 0 Å². The van der Waals surface area contributed by atoms with Crippen molar-refractivity contribution in [2.75, 3.05) is 7.11 Å². The number of hydrogen-bond acceptors (Lipinski definition) is 5. The number of ketones is 1. The Morgan fingerprint density at radius 3 is 2.21 bits per heavy atom. The Labute approximate surface area is 109 Å². The van der Waals surface area contributed by atoms with Crippen LogP contribution < -0.4 is 0 Å². The van der Waals surface area contributed by atoms with Gasteiger partial charge in [-0.2, -0.15) is 13.2 Å². The number of carbonyl (C=O) groups excluding carboxylic acids is 1. The van der Waals surface area contributed by atoms with Crippen molar-refractivity contribution in [1.82, 2.24) is 0 Å². The fourth-order valence-corrected chi connectivity index (χ4v) is 2.82. The first-order valence-electron chi connectivity index (χ1n) is 5.62. The van der Waals surface area contributed by atoms with Crippen molar-refractivity contribution in [1.29, 1.82) is 0 Å². The summed E-state index contributed by atoms with van der Waals surface area (Å²) in [6.07, 6.45) is -11.1. The average molecular weight is 302 g/mol. The van der Waals surface area contributed by atoms with Crippen LogP contribution in [0.5, 0.6) is 0 Å². The van der Waals surface area contributed by atoms with Crippen LogP contribution in [-0.4, -0.2) is 57.1 Å². The zero-order valence-corrected chi connectivity index (χ0v) is 12.0. The average Bonchev–Trinajstić information content (AvgIpc) is 2.52. The van der Waals surface area contributed by atoms with E-state index in [9.17, 15) is 23.1 Å². The third-order valence-corrected chi connectivity index (χ3v) is 3.43. The molecule has 0 spiro atoms. The number of alkyl halides is 3. The van der Waals surface area contributed by atoms with E-state index in [0.717, 1.165) is 0 Å². The molecular formula is C10H17F3O5Si. The summed E-state index contributed by atoms with van der Waals surface area (Å²) in [6.45, 7) is 5.19. The summed E-state index contributed by atoms with van der Waals surface area (Å²) in [5.74, 6) is -2.07. The lowest BCUT2D eigenvalue weighted by molar-refractivity contribution is -0.194. The zero-order chi connectivity index (χ0) is 15.0. The Kier molecular flexibility index (Phi) is 4.78. The molecular weight excluding hydrogens is 285 g/mol. The maximum absolute atomic E-state index is 12.5. The molecule has 0 amide bonds. The van der Waals surface area contributed by atoms with Gasteiger partial charge in [0.05, 0.1) is 0 Å². The lowest BCUT2D eigenvalue weighted by Gasteiger charge is -2.27. The van der Waals surface area contributed by atoms with Crippen molar-refractivity contribution in [3.8, 4) is 0 Å². The molecule has 1 N–H and O–H groups in total. The van der Waals surface area contributed by atoms with Crippen LogP contribution in [0.3, 0.4) is 0 Å². The number of hydrogen-bond donors (Lipinski definition) is 1. The molecule has 0 aromatic heterocycles. The van der Waals surface area contributed by atoms with Gasteiger partial charge in [-0.05, 0) is 19.6 Å². The first-order valence-corrected chi connectivity index (χ1v) is 9.03. The fraction of sp³-hybridized carbons (Fsp3) is 0.900. The minimum absolute atomic E-state index is 1.17. The summed E-state index contributed by atoms with van der Waals surface area (Å²) < 4.78 is 52.4. The van der Waals surface area contributed by atoms with Crippen LogP contribution in [0.15, 0.2) is 0 Å². The van der Waals surface area contributed by atoms with E-state index in [1.807, 2.05) is 0 Å². The standard InChI is InChI=1S/C10H17F3O5Si/c1-16-9-5(14)6(18-19(2,3)4)7(17-9)8(15)10(11,12)13/h5-7,9,14H,1-4H3/t5-,6-,7-,9-/m0/s1. The lowest BCUT2D eigenvalue weighted by atomic mass is 10.1. The molecule has 1 heterocycles. The molecule has 1 aliphatic rings. The van der Waals surface area contributed by atoms with Gasteiger partial charge < -0.3 is 19.0 Å². The number of carbonyl (C=O) groups is 1. The Balaban J connectivity index is 2.96. The fourth-order valence-electron chi connectivity index (χ4n) is 1.74. The highest BCUT2D eigenvalue weighted by Crippen LogP contribution is 2.32. The molecule has 19 heavy (non-hydrogen) atoms. The van der Waals surface area contributed by atoms with Crippen molar-refractivity contribution in [2.45, 2.75) is 50.4 Å². The quantitative estimate of drug-likeness (QED) is 0.787. The Morgan fingerprint density at radius 1 is 1.32 bits per heavy atom. The zero-order valence-electron chi connectivity index (χ0n) is 11.0.